The summed E-state index contributed by atoms with van der Waals surface area (Å²) in [4.78, 5) is 13.6. The van der Waals surface area contributed by atoms with Gasteiger partial charge in [-0.15, -0.1) is 0 Å². The fourth-order valence-electron chi connectivity index (χ4n) is 2.67. The molecule has 0 saturated carbocycles. The van der Waals surface area contributed by atoms with Crippen molar-refractivity contribution in [1.82, 2.24) is 14.9 Å². The summed E-state index contributed by atoms with van der Waals surface area (Å²) in [5.41, 5.74) is 0. The van der Waals surface area contributed by atoms with Crippen molar-refractivity contribution in [3.05, 3.63) is 12.4 Å². The zero-order valence-electron chi connectivity index (χ0n) is 12.3. The number of nitrogens with zero attached hydrogens (tertiary/aromatic N) is 4. The van der Waals surface area contributed by atoms with Gasteiger partial charge in [-0.1, -0.05) is 6.92 Å². The van der Waals surface area contributed by atoms with E-state index in [2.05, 4.69) is 40.5 Å². The highest BCUT2D eigenvalue weighted by Crippen LogP contribution is 2.20. The van der Waals surface area contributed by atoms with Crippen LogP contribution < -0.4 is 9.64 Å². The maximum Gasteiger partial charge on any atom is 0.225 e. The number of methoxy groups -OCH3 is 1. The number of piperazine rings is 1. The largest absolute Gasteiger partial charge is 0.494 e. The minimum absolute atomic E-state index is 0.583. The molecule has 1 aromatic rings. The van der Waals surface area contributed by atoms with E-state index in [0.717, 1.165) is 32.0 Å². The lowest BCUT2D eigenvalue weighted by Gasteiger charge is -2.43. The number of hydrogen-bond donors (Lipinski definition) is 0. The molecule has 1 fully saturated rings. The Balaban J connectivity index is 2.06. The Bertz CT molecular complexity index is 393. The van der Waals surface area contributed by atoms with E-state index in [9.17, 15) is 0 Å². The first kappa shape index (κ1) is 14.1. The van der Waals surface area contributed by atoms with Gasteiger partial charge in [-0.2, -0.15) is 0 Å². The number of hydrogen-bond acceptors (Lipinski definition) is 5. The highest BCUT2D eigenvalue weighted by atomic mass is 16.5. The Kier molecular flexibility index (Phi) is 4.58. The Labute approximate surface area is 115 Å². The van der Waals surface area contributed by atoms with E-state index in [1.807, 2.05) is 0 Å². The van der Waals surface area contributed by atoms with Gasteiger partial charge in [0, 0.05) is 31.7 Å². The lowest BCUT2D eigenvalue weighted by Crippen LogP contribution is -2.55. The summed E-state index contributed by atoms with van der Waals surface area (Å²) in [5.74, 6) is 1.51. The molecule has 0 unspecified atom stereocenters. The first-order valence-electron chi connectivity index (χ1n) is 7.02. The van der Waals surface area contributed by atoms with Crippen molar-refractivity contribution in [2.45, 2.75) is 39.3 Å². The Morgan fingerprint density at radius 2 is 2.00 bits per heavy atom. The Morgan fingerprint density at radius 3 is 2.53 bits per heavy atom. The molecule has 2 rings (SSSR count). The summed E-state index contributed by atoms with van der Waals surface area (Å²) in [7, 11) is 1.63. The molecule has 0 spiro atoms. The van der Waals surface area contributed by atoms with Crippen LogP contribution in [0, 0.1) is 0 Å². The fraction of sp³-hybridized carbons (Fsp3) is 0.714. The molecule has 0 radical (unpaired) electrons. The van der Waals surface area contributed by atoms with E-state index in [0.29, 0.717) is 17.8 Å². The predicted molar refractivity (Wildman–Crippen MR) is 76.7 cm³/mol. The van der Waals surface area contributed by atoms with Crippen molar-refractivity contribution >= 4 is 5.95 Å². The van der Waals surface area contributed by atoms with Crippen molar-refractivity contribution in [3.8, 4) is 5.75 Å². The number of aromatic nitrogens is 2. The van der Waals surface area contributed by atoms with E-state index in [4.69, 9.17) is 4.74 Å². The summed E-state index contributed by atoms with van der Waals surface area (Å²) < 4.78 is 5.10. The second-order valence-corrected chi connectivity index (χ2v) is 5.26. The summed E-state index contributed by atoms with van der Waals surface area (Å²) in [6.07, 6.45) is 4.63. The third-order valence-corrected chi connectivity index (χ3v) is 3.80. The molecule has 1 atom stereocenters. The molecule has 1 aliphatic rings. The van der Waals surface area contributed by atoms with E-state index in [-0.39, 0.29) is 0 Å². The average molecular weight is 264 g/mol. The molecule has 1 aromatic heterocycles. The second kappa shape index (κ2) is 6.19. The Morgan fingerprint density at radius 1 is 1.32 bits per heavy atom. The number of rotatable bonds is 4. The highest BCUT2D eigenvalue weighted by Gasteiger charge is 2.28. The van der Waals surface area contributed by atoms with Gasteiger partial charge in [0.05, 0.1) is 19.5 Å². The summed E-state index contributed by atoms with van der Waals surface area (Å²) in [6, 6.07) is 1.18. The molecule has 2 heterocycles. The molecule has 1 saturated heterocycles. The first-order chi connectivity index (χ1) is 9.15. The summed E-state index contributed by atoms with van der Waals surface area (Å²) in [6.45, 7) is 9.84. The van der Waals surface area contributed by atoms with Crippen LogP contribution in [-0.2, 0) is 0 Å². The van der Waals surface area contributed by atoms with Gasteiger partial charge in [-0.3, -0.25) is 4.90 Å². The smallest absolute Gasteiger partial charge is 0.225 e. The van der Waals surface area contributed by atoms with E-state index in [1.165, 1.54) is 0 Å². The molecule has 0 N–H and O–H groups in total. The molecule has 5 nitrogen and oxygen atoms in total. The van der Waals surface area contributed by atoms with Gasteiger partial charge < -0.3 is 9.64 Å². The SMILES string of the molecule is CC[C@H]1CN(c2ncc(OC)cn2)CCN1C(C)C. The molecule has 1 aliphatic heterocycles. The molecular formula is C14H24N4O. The second-order valence-electron chi connectivity index (χ2n) is 5.26. The van der Waals surface area contributed by atoms with Gasteiger partial charge in [0.1, 0.15) is 0 Å². The minimum atomic E-state index is 0.583. The quantitative estimate of drug-likeness (QED) is 0.829. The van der Waals surface area contributed by atoms with Crippen LogP contribution >= 0.6 is 0 Å². The molecule has 19 heavy (non-hydrogen) atoms. The zero-order chi connectivity index (χ0) is 13.8. The van der Waals surface area contributed by atoms with Crippen molar-refractivity contribution < 1.29 is 4.74 Å². The van der Waals surface area contributed by atoms with E-state index >= 15 is 0 Å². The molecule has 0 bridgehead atoms. The van der Waals surface area contributed by atoms with Gasteiger partial charge in [-0.05, 0) is 20.3 Å². The van der Waals surface area contributed by atoms with Gasteiger partial charge in [-0.25, -0.2) is 9.97 Å². The Hall–Kier alpha value is -1.36. The van der Waals surface area contributed by atoms with Crippen LogP contribution in [-0.4, -0.2) is 53.7 Å². The van der Waals surface area contributed by atoms with E-state index in [1.54, 1.807) is 19.5 Å². The van der Waals surface area contributed by atoms with Crippen LogP contribution in [0.2, 0.25) is 0 Å². The highest BCUT2D eigenvalue weighted by molar-refractivity contribution is 5.32. The molecule has 5 heteroatoms. The number of anilines is 1. The standard InChI is InChI=1S/C14H24N4O/c1-5-12-10-17(6-7-18(12)11(2)3)14-15-8-13(19-4)9-16-14/h8-9,11-12H,5-7,10H2,1-4H3/t12-/m0/s1. The predicted octanol–water partition coefficient (Wildman–Crippen LogP) is 1.79. The van der Waals surface area contributed by atoms with Gasteiger partial charge >= 0.3 is 0 Å². The van der Waals surface area contributed by atoms with Crippen molar-refractivity contribution in [1.29, 1.82) is 0 Å². The van der Waals surface area contributed by atoms with Crippen LogP contribution in [0.4, 0.5) is 5.95 Å². The van der Waals surface area contributed by atoms with Crippen molar-refractivity contribution in [2.24, 2.45) is 0 Å². The maximum atomic E-state index is 5.10. The zero-order valence-corrected chi connectivity index (χ0v) is 12.3. The summed E-state index contributed by atoms with van der Waals surface area (Å²) >= 11 is 0. The third kappa shape index (κ3) is 3.15. The normalized spacial score (nSPS) is 20.9. The topological polar surface area (TPSA) is 41.5 Å². The van der Waals surface area contributed by atoms with Crippen LogP contribution in [0.1, 0.15) is 27.2 Å². The van der Waals surface area contributed by atoms with Crippen molar-refractivity contribution in [3.63, 3.8) is 0 Å². The molecular weight excluding hydrogens is 240 g/mol. The molecule has 106 valence electrons. The lowest BCUT2D eigenvalue weighted by atomic mass is 10.1. The molecule has 0 aromatic carbocycles. The van der Waals surface area contributed by atoms with Crippen LogP contribution in [0.15, 0.2) is 12.4 Å². The van der Waals surface area contributed by atoms with E-state index < -0.39 is 0 Å². The van der Waals surface area contributed by atoms with Crippen molar-refractivity contribution in [2.75, 3.05) is 31.6 Å². The van der Waals surface area contributed by atoms with Gasteiger partial charge in [0.25, 0.3) is 0 Å². The lowest BCUT2D eigenvalue weighted by molar-refractivity contribution is 0.132. The summed E-state index contributed by atoms with van der Waals surface area (Å²) in [5, 5.41) is 0. The third-order valence-electron chi connectivity index (χ3n) is 3.80. The maximum absolute atomic E-state index is 5.10. The minimum Gasteiger partial charge on any atom is -0.494 e. The van der Waals surface area contributed by atoms with Gasteiger partial charge in [0.2, 0.25) is 5.95 Å². The van der Waals surface area contributed by atoms with Gasteiger partial charge in [0.15, 0.2) is 5.75 Å². The number of ether oxygens (including phenoxy) is 1. The monoisotopic (exact) mass is 264 g/mol. The molecule has 0 amide bonds. The van der Waals surface area contributed by atoms with Crippen LogP contribution in [0.25, 0.3) is 0 Å². The first-order valence-corrected chi connectivity index (χ1v) is 7.02. The van der Waals surface area contributed by atoms with Crippen LogP contribution in [0.5, 0.6) is 5.75 Å². The average Bonchev–Trinajstić information content (AvgIpc) is 2.46. The van der Waals surface area contributed by atoms with Crippen LogP contribution in [0.3, 0.4) is 0 Å². The fourth-order valence-corrected chi connectivity index (χ4v) is 2.67. The molecule has 0 aliphatic carbocycles.